The summed E-state index contributed by atoms with van der Waals surface area (Å²) in [6.45, 7) is 1.57. The molecular weight excluding hydrogens is 350 g/mol. The molecule has 1 aromatic heterocycles. The lowest BCUT2D eigenvalue weighted by Crippen LogP contribution is -2.50. The second-order valence-electron chi connectivity index (χ2n) is 6.60. The number of rotatable bonds is 7. The van der Waals surface area contributed by atoms with Crippen LogP contribution in [0.5, 0.6) is 0 Å². The molecule has 1 fully saturated rings. The molecule has 0 radical (unpaired) electrons. The molecule has 2 heterocycles. The molecule has 0 bridgehead atoms. The highest BCUT2D eigenvalue weighted by atomic mass is 32.1. The van der Waals surface area contributed by atoms with E-state index in [0.717, 1.165) is 23.4 Å². The molecular formula is C19H25N3O3S. The molecule has 1 aliphatic heterocycles. The zero-order chi connectivity index (χ0) is 18.4. The molecule has 1 amide bonds. The van der Waals surface area contributed by atoms with Gasteiger partial charge in [-0.25, -0.2) is 4.98 Å². The average molecular weight is 375 g/mol. The van der Waals surface area contributed by atoms with Gasteiger partial charge in [-0.15, -0.1) is 11.3 Å². The van der Waals surface area contributed by atoms with Gasteiger partial charge in [-0.2, -0.15) is 0 Å². The summed E-state index contributed by atoms with van der Waals surface area (Å²) < 4.78 is 11.5. The topological polar surface area (TPSA) is 63.7 Å². The highest BCUT2D eigenvalue weighted by Gasteiger charge is 2.28. The zero-order valence-electron chi connectivity index (χ0n) is 15.2. The van der Waals surface area contributed by atoms with Crippen molar-refractivity contribution in [2.75, 3.05) is 32.2 Å². The first-order valence-electron chi connectivity index (χ1n) is 8.74. The number of amides is 1. The van der Waals surface area contributed by atoms with Crippen LogP contribution >= 0.6 is 11.3 Å². The van der Waals surface area contributed by atoms with E-state index in [1.165, 1.54) is 0 Å². The summed E-state index contributed by atoms with van der Waals surface area (Å²) in [7, 11) is 4.00. The van der Waals surface area contributed by atoms with Crippen LogP contribution in [0.25, 0.3) is 0 Å². The quantitative estimate of drug-likeness (QED) is 0.804. The molecule has 0 aliphatic carbocycles. The Balaban J connectivity index is 1.52. The van der Waals surface area contributed by atoms with Crippen LogP contribution in [0.2, 0.25) is 0 Å². The minimum absolute atomic E-state index is 0.0109. The number of hydrogen-bond donors (Lipinski definition) is 1. The number of ether oxygens (including phenoxy) is 2. The van der Waals surface area contributed by atoms with Crippen LogP contribution in [-0.2, 0) is 27.3 Å². The summed E-state index contributed by atoms with van der Waals surface area (Å²) in [5.74, 6) is 0.0109. The van der Waals surface area contributed by atoms with Crippen molar-refractivity contribution in [1.82, 2.24) is 10.3 Å². The van der Waals surface area contributed by atoms with Crippen LogP contribution in [0.1, 0.15) is 17.7 Å². The number of thiazole rings is 1. The van der Waals surface area contributed by atoms with Crippen molar-refractivity contribution < 1.29 is 14.3 Å². The third-order valence-electron chi connectivity index (χ3n) is 4.40. The summed E-state index contributed by atoms with van der Waals surface area (Å²) in [4.78, 5) is 18.7. The normalized spacial score (nSPS) is 19.9. The van der Waals surface area contributed by atoms with E-state index in [2.05, 4.69) is 10.3 Å². The second kappa shape index (κ2) is 9.12. The van der Waals surface area contributed by atoms with Crippen molar-refractivity contribution in [2.45, 2.75) is 31.6 Å². The van der Waals surface area contributed by atoms with Crippen molar-refractivity contribution >= 4 is 22.9 Å². The van der Waals surface area contributed by atoms with Crippen LogP contribution in [-0.4, -0.2) is 50.3 Å². The van der Waals surface area contributed by atoms with Crippen LogP contribution in [0, 0.1) is 0 Å². The van der Waals surface area contributed by atoms with Crippen molar-refractivity contribution in [3.63, 3.8) is 0 Å². The smallest absolute Gasteiger partial charge is 0.224 e. The average Bonchev–Trinajstić information content (AvgIpc) is 3.15. The van der Waals surface area contributed by atoms with Gasteiger partial charge in [0.25, 0.3) is 0 Å². The molecule has 2 atom stereocenters. The fourth-order valence-corrected chi connectivity index (χ4v) is 3.44. The lowest BCUT2D eigenvalue weighted by molar-refractivity contribution is -0.126. The summed E-state index contributed by atoms with van der Waals surface area (Å²) in [6, 6.07) is 8.01. The molecule has 0 unspecified atom stereocenters. The number of anilines is 1. The third kappa shape index (κ3) is 5.27. The van der Waals surface area contributed by atoms with E-state index in [-0.39, 0.29) is 18.1 Å². The summed E-state index contributed by atoms with van der Waals surface area (Å²) >= 11 is 1.55. The molecule has 7 heteroatoms. The first-order chi connectivity index (χ1) is 12.6. The predicted molar refractivity (Wildman–Crippen MR) is 103 cm³/mol. The number of nitrogens with zero attached hydrogens (tertiary/aromatic N) is 2. The van der Waals surface area contributed by atoms with Crippen LogP contribution in [0.4, 0.5) is 5.69 Å². The van der Waals surface area contributed by atoms with Gasteiger partial charge in [0.2, 0.25) is 5.91 Å². The molecule has 2 aromatic rings. The van der Waals surface area contributed by atoms with E-state index in [9.17, 15) is 4.79 Å². The molecule has 0 spiro atoms. The minimum Gasteiger partial charge on any atom is -0.379 e. The Morgan fingerprint density at radius 3 is 2.88 bits per heavy atom. The largest absolute Gasteiger partial charge is 0.379 e. The molecule has 6 nitrogen and oxygen atoms in total. The van der Waals surface area contributed by atoms with Crippen molar-refractivity contribution in [1.29, 1.82) is 0 Å². The summed E-state index contributed by atoms with van der Waals surface area (Å²) in [5.41, 5.74) is 4.82. The number of hydrogen-bond acceptors (Lipinski definition) is 6. The predicted octanol–water partition coefficient (Wildman–Crippen LogP) is 2.24. The monoisotopic (exact) mass is 375 g/mol. The number of aromatic nitrogens is 1. The van der Waals surface area contributed by atoms with Crippen molar-refractivity contribution in [3.8, 4) is 0 Å². The maximum atomic E-state index is 12.4. The molecule has 26 heavy (non-hydrogen) atoms. The van der Waals surface area contributed by atoms with E-state index in [4.69, 9.17) is 9.47 Å². The lowest BCUT2D eigenvalue weighted by Gasteiger charge is -2.32. The lowest BCUT2D eigenvalue weighted by atomic mass is 10.0. The fraction of sp³-hybridized carbons (Fsp3) is 0.474. The highest BCUT2D eigenvalue weighted by Crippen LogP contribution is 2.16. The van der Waals surface area contributed by atoms with E-state index in [1.807, 2.05) is 48.6 Å². The van der Waals surface area contributed by atoms with Gasteiger partial charge in [0.05, 0.1) is 36.9 Å². The molecule has 1 aromatic carbocycles. The molecule has 3 rings (SSSR count). The Kier molecular flexibility index (Phi) is 6.60. The van der Waals surface area contributed by atoms with Gasteiger partial charge < -0.3 is 19.7 Å². The van der Waals surface area contributed by atoms with Crippen LogP contribution < -0.4 is 10.2 Å². The molecule has 1 aliphatic rings. The molecule has 0 saturated carbocycles. The van der Waals surface area contributed by atoms with Gasteiger partial charge in [0.15, 0.2) is 0 Å². The Morgan fingerprint density at radius 2 is 2.19 bits per heavy atom. The minimum atomic E-state index is -0.148. The first-order valence-corrected chi connectivity index (χ1v) is 9.68. The third-order valence-corrected chi connectivity index (χ3v) is 5.03. The Morgan fingerprint density at radius 1 is 1.38 bits per heavy atom. The highest BCUT2D eigenvalue weighted by molar-refractivity contribution is 7.07. The maximum Gasteiger partial charge on any atom is 0.224 e. The van der Waals surface area contributed by atoms with Gasteiger partial charge in [-0.3, -0.25) is 4.79 Å². The van der Waals surface area contributed by atoms with E-state index >= 15 is 0 Å². The van der Waals surface area contributed by atoms with E-state index in [0.29, 0.717) is 26.2 Å². The van der Waals surface area contributed by atoms with Crippen molar-refractivity contribution in [3.05, 3.63) is 46.4 Å². The SMILES string of the molecule is CN(C)c1ccc(CC(=O)N[C@@H]2CCOC[C@H]2OCc2cscn2)cc1. The van der Waals surface area contributed by atoms with Gasteiger partial charge in [0.1, 0.15) is 6.10 Å². The number of carbonyl (C=O) groups excluding carboxylic acids is 1. The number of benzene rings is 1. The molecule has 1 saturated heterocycles. The number of nitrogens with one attached hydrogen (secondary N) is 1. The molecule has 1 N–H and O–H groups in total. The van der Waals surface area contributed by atoms with Crippen LogP contribution in [0.15, 0.2) is 35.2 Å². The standard InChI is InChI=1S/C19H25N3O3S/c1-22(2)16-5-3-14(4-6-16)9-19(23)21-17-7-8-24-11-18(17)25-10-15-12-26-13-20-15/h3-6,12-13,17-18H,7-11H2,1-2H3,(H,21,23)/t17-,18-/m1/s1. The van der Waals surface area contributed by atoms with Crippen LogP contribution in [0.3, 0.4) is 0 Å². The number of carbonyl (C=O) groups is 1. The van der Waals surface area contributed by atoms with Crippen molar-refractivity contribution in [2.24, 2.45) is 0 Å². The zero-order valence-corrected chi connectivity index (χ0v) is 16.0. The Labute approximate surface area is 158 Å². The molecule has 140 valence electrons. The maximum absolute atomic E-state index is 12.4. The Bertz CT molecular complexity index is 689. The van der Waals surface area contributed by atoms with Gasteiger partial charge in [-0.05, 0) is 24.1 Å². The van der Waals surface area contributed by atoms with E-state index in [1.54, 1.807) is 16.8 Å². The second-order valence-corrected chi connectivity index (χ2v) is 7.32. The van der Waals surface area contributed by atoms with E-state index < -0.39 is 0 Å². The summed E-state index contributed by atoms with van der Waals surface area (Å²) in [6.07, 6.45) is 0.974. The summed E-state index contributed by atoms with van der Waals surface area (Å²) in [5, 5.41) is 5.08. The van der Waals surface area contributed by atoms with Gasteiger partial charge in [0, 0.05) is 31.8 Å². The Hall–Kier alpha value is -1.96. The van der Waals surface area contributed by atoms with Gasteiger partial charge >= 0.3 is 0 Å². The fourth-order valence-electron chi connectivity index (χ4n) is 2.90. The first kappa shape index (κ1) is 18.8. The van der Waals surface area contributed by atoms with Gasteiger partial charge in [-0.1, -0.05) is 12.1 Å².